The molecule has 174 valence electrons. The first-order valence-corrected chi connectivity index (χ1v) is 11.3. The molecule has 1 aliphatic rings. The summed E-state index contributed by atoms with van der Waals surface area (Å²) in [6.07, 6.45) is 9.88. The number of carboxylic acid groups (broad SMARTS) is 1. The summed E-state index contributed by atoms with van der Waals surface area (Å²) in [6, 6.07) is 4.21. The minimum atomic E-state index is -1.15. The van der Waals surface area contributed by atoms with Crippen molar-refractivity contribution in [3.05, 3.63) is 70.6 Å². The van der Waals surface area contributed by atoms with Gasteiger partial charge >= 0.3 is 11.9 Å². The lowest BCUT2D eigenvalue weighted by atomic mass is 9.62. The molecule has 0 aromatic heterocycles. The molecule has 1 aliphatic carbocycles. The van der Waals surface area contributed by atoms with E-state index in [0.717, 1.165) is 50.3 Å². The minimum Gasteiger partial charge on any atom is -0.478 e. The topological polar surface area (TPSA) is 89.6 Å². The van der Waals surface area contributed by atoms with E-state index in [1.165, 1.54) is 23.3 Å². The van der Waals surface area contributed by atoms with E-state index in [-0.39, 0.29) is 22.2 Å². The van der Waals surface area contributed by atoms with Gasteiger partial charge in [-0.2, -0.15) is 0 Å². The van der Waals surface area contributed by atoms with Gasteiger partial charge in [0, 0.05) is 6.20 Å². The van der Waals surface area contributed by atoms with Gasteiger partial charge in [-0.3, -0.25) is 0 Å². The van der Waals surface area contributed by atoms with E-state index in [2.05, 4.69) is 47.3 Å². The number of hydrogen-bond acceptors (Lipinski definition) is 4. The first kappa shape index (κ1) is 25.4. The van der Waals surface area contributed by atoms with Crippen LogP contribution in [-0.4, -0.2) is 17.0 Å². The molecule has 0 aliphatic heterocycles. The van der Waals surface area contributed by atoms with Crippen molar-refractivity contribution in [2.24, 2.45) is 5.73 Å². The lowest BCUT2D eigenvalue weighted by Gasteiger charge is -2.42. The van der Waals surface area contributed by atoms with Crippen LogP contribution in [0.15, 0.2) is 48.4 Å². The van der Waals surface area contributed by atoms with Crippen molar-refractivity contribution < 1.29 is 19.4 Å². The summed E-state index contributed by atoms with van der Waals surface area (Å²) in [5.41, 5.74) is 9.55. The fourth-order valence-electron chi connectivity index (χ4n) is 4.16. The number of rotatable bonds is 9. The van der Waals surface area contributed by atoms with Crippen molar-refractivity contribution in [2.45, 2.75) is 84.0 Å². The van der Waals surface area contributed by atoms with Crippen LogP contribution in [0.1, 0.15) is 93.8 Å². The molecule has 0 saturated carbocycles. The summed E-state index contributed by atoms with van der Waals surface area (Å²) in [5, 5.41) is 8.96. The van der Waals surface area contributed by atoms with Gasteiger partial charge in [-0.25, -0.2) is 9.59 Å². The van der Waals surface area contributed by atoms with Crippen LogP contribution in [0, 0.1) is 0 Å². The molecule has 0 heterocycles. The van der Waals surface area contributed by atoms with E-state index in [0.29, 0.717) is 5.56 Å². The lowest BCUT2D eigenvalue weighted by Crippen LogP contribution is -2.34. The normalized spacial score (nSPS) is 17.1. The molecule has 0 atom stereocenters. The fraction of sp³-hybridized carbons (Fsp3) is 0.481. The van der Waals surface area contributed by atoms with Crippen LogP contribution in [0.25, 0.3) is 0 Å². The smallest absolute Gasteiger partial charge is 0.343 e. The van der Waals surface area contributed by atoms with Gasteiger partial charge in [-0.05, 0) is 71.4 Å². The molecule has 0 bridgehead atoms. The monoisotopic (exact) mass is 439 g/mol. The molecule has 0 unspecified atom stereocenters. The zero-order valence-electron chi connectivity index (χ0n) is 20.1. The predicted molar refractivity (Wildman–Crippen MR) is 129 cm³/mol. The van der Waals surface area contributed by atoms with Gasteiger partial charge in [0.05, 0.1) is 11.1 Å². The number of unbranched alkanes of at least 4 members (excludes halogenated alkanes) is 2. The number of carboxylic acids is 1. The van der Waals surface area contributed by atoms with Crippen molar-refractivity contribution >= 4 is 11.9 Å². The third kappa shape index (κ3) is 5.90. The molecule has 3 N–H and O–H groups in total. The number of aliphatic carboxylic acids is 1. The number of benzene rings is 1. The maximum atomic E-state index is 13.2. The van der Waals surface area contributed by atoms with Crippen LogP contribution in [0.2, 0.25) is 0 Å². The van der Waals surface area contributed by atoms with Crippen LogP contribution in [0.4, 0.5) is 0 Å². The molecule has 0 spiro atoms. The lowest BCUT2D eigenvalue weighted by molar-refractivity contribution is -0.132. The molecule has 2 rings (SSSR count). The van der Waals surface area contributed by atoms with E-state index in [9.17, 15) is 9.59 Å². The number of allylic oxidation sites excluding steroid dienone is 1. The third-order valence-electron chi connectivity index (χ3n) is 6.44. The molecule has 32 heavy (non-hydrogen) atoms. The molecule has 0 fully saturated rings. The molecule has 5 heteroatoms. The number of nitrogens with two attached hydrogens (primary N) is 1. The number of carbonyl (C=O) groups is 2. The van der Waals surface area contributed by atoms with Crippen LogP contribution >= 0.6 is 0 Å². The average molecular weight is 440 g/mol. The van der Waals surface area contributed by atoms with E-state index >= 15 is 0 Å². The average Bonchev–Trinajstić information content (AvgIpc) is 2.73. The van der Waals surface area contributed by atoms with Crippen LogP contribution in [-0.2, 0) is 26.8 Å². The van der Waals surface area contributed by atoms with E-state index in [1.807, 2.05) is 6.07 Å². The molecule has 0 saturated heterocycles. The Hall–Kier alpha value is -2.82. The second-order valence-electron chi connectivity index (χ2n) is 9.90. The van der Waals surface area contributed by atoms with Crippen molar-refractivity contribution in [3.8, 4) is 0 Å². The van der Waals surface area contributed by atoms with Crippen molar-refractivity contribution in [3.63, 3.8) is 0 Å². The molecule has 1 aromatic carbocycles. The van der Waals surface area contributed by atoms with Crippen LogP contribution in [0.5, 0.6) is 0 Å². The first-order valence-electron chi connectivity index (χ1n) is 11.3. The maximum absolute atomic E-state index is 13.2. The fourth-order valence-corrected chi connectivity index (χ4v) is 4.16. The van der Waals surface area contributed by atoms with Gasteiger partial charge in [0.15, 0.2) is 0 Å². The Bertz CT molecular complexity index is 951. The highest BCUT2D eigenvalue weighted by atomic mass is 16.5. The first-order chi connectivity index (χ1) is 14.9. The largest absolute Gasteiger partial charge is 0.478 e. The Morgan fingerprint density at radius 3 is 2.22 bits per heavy atom. The summed E-state index contributed by atoms with van der Waals surface area (Å²) in [7, 11) is 0. The van der Waals surface area contributed by atoms with Crippen molar-refractivity contribution in [1.82, 2.24) is 0 Å². The number of carbonyl (C=O) groups excluding carboxylic acids is 1. The molecule has 5 nitrogen and oxygen atoms in total. The maximum Gasteiger partial charge on any atom is 0.343 e. The zero-order chi connectivity index (χ0) is 24.1. The summed E-state index contributed by atoms with van der Waals surface area (Å²) >= 11 is 0. The summed E-state index contributed by atoms with van der Waals surface area (Å²) in [4.78, 5) is 24.2. The Labute approximate surface area is 192 Å². The van der Waals surface area contributed by atoms with E-state index in [1.54, 1.807) is 0 Å². The quantitative estimate of drug-likeness (QED) is 0.164. The standard InChI is InChI=1S/C27H37NO4/c1-7-8-9-10-19-15-22-23(27(5,6)14-13-26(22,3)4)16-21(19)25(31)32-20(17-28)12-11-18(2)24(29)30/h11-12,15-17H,2,7-10,13-14,28H2,1,3-6H3,(H,29,30)/b12-11-,20-17+. The Balaban J connectivity index is 2.46. The summed E-state index contributed by atoms with van der Waals surface area (Å²) < 4.78 is 5.55. The van der Waals surface area contributed by atoms with Gasteiger partial charge < -0.3 is 15.6 Å². The molecule has 0 amide bonds. The number of esters is 1. The van der Waals surface area contributed by atoms with Gasteiger partial charge in [0.25, 0.3) is 0 Å². The third-order valence-corrected chi connectivity index (χ3v) is 6.44. The minimum absolute atomic E-state index is 0.0342. The Kier molecular flexibility index (Phi) is 8.11. The highest BCUT2D eigenvalue weighted by Crippen LogP contribution is 2.46. The van der Waals surface area contributed by atoms with Gasteiger partial charge in [0.1, 0.15) is 5.76 Å². The highest BCUT2D eigenvalue weighted by Gasteiger charge is 2.38. The van der Waals surface area contributed by atoms with E-state index in [4.69, 9.17) is 15.6 Å². The number of ether oxygens (including phenoxy) is 1. The van der Waals surface area contributed by atoms with Crippen molar-refractivity contribution in [1.29, 1.82) is 0 Å². The highest BCUT2D eigenvalue weighted by molar-refractivity contribution is 5.93. The summed E-state index contributed by atoms with van der Waals surface area (Å²) in [5.74, 6) is -1.56. The predicted octanol–water partition coefficient (Wildman–Crippen LogP) is 5.92. The number of fused-ring (bicyclic) bond motifs is 1. The van der Waals surface area contributed by atoms with Crippen molar-refractivity contribution in [2.75, 3.05) is 0 Å². The number of hydrogen-bond donors (Lipinski definition) is 2. The van der Waals surface area contributed by atoms with Gasteiger partial charge in [-0.15, -0.1) is 0 Å². The SMILES string of the molecule is C=C(/C=C\C(=C/N)OC(=O)c1cc2c(cc1CCCCC)C(C)(C)CCC2(C)C)C(=O)O. The second kappa shape index (κ2) is 10.2. The molecule has 1 aromatic rings. The zero-order valence-corrected chi connectivity index (χ0v) is 20.1. The molecular formula is C27H37NO4. The van der Waals surface area contributed by atoms with Gasteiger partial charge in [0.2, 0.25) is 0 Å². The Morgan fingerprint density at radius 1 is 1.09 bits per heavy atom. The van der Waals surface area contributed by atoms with E-state index < -0.39 is 11.9 Å². The summed E-state index contributed by atoms with van der Waals surface area (Å²) in [6.45, 7) is 14.6. The van der Waals surface area contributed by atoms with Crippen LogP contribution < -0.4 is 5.73 Å². The Morgan fingerprint density at radius 2 is 1.69 bits per heavy atom. The second-order valence-corrected chi connectivity index (χ2v) is 9.90. The molecule has 0 radical (unpaired) electrons. The van der Waals surface area contributed by atoms with Gasteiger partial charge in [-0.1, -0.05) is 60.1 Å². The molecular weight excluding hydrogens is 402 g/mol. The number of aryl methyl sites for hydroxylation is 1. The van der Waals surface area contributed by atoms with Crippen LogP contribution in [0.3, 0.4) is 0 Å².